The van der Waals surface area contributed by atoms with Crippen LogP contribution in [0.1, 0.15) is 53.4 Å². The predicted molar refractivity (Wildman–Crippen MR) is 71.8 cm³/mol. The van der Waals surface area contributed by atoms with Crippen molar-refractivity contribution in [3.05, 3.63) is 0 Å². The number of piperidine rings is 1. The molecule has 0 aromatic rings. The van der Waals surface area contributed by atoms with Crippen LogP contribution in [0.15, 0.2) is 0 Å². The van der Waals surface area contributed by atoms with E-state index < -0.39 is 0 Å². The molecule has 0 amide bonds. The lowest BCUT2D eigenvalue weighted by atomic mass is 9.93. The van der Waals surface area contributed by atoms with Crippen LogP contribution in [-0.2, 0) is 0 Å². The van der Waals surface area contributed by atoms with Gasteiger partial charge in [0.15, 0.2) is 0 Å². The first-order chi connectivity index (χ1) is 7.71. The predicted octanol–water partition coefficient (Wildman–Crippen LogP) is 2.89. The van der Waals surface area contributed by atoms with Gasteiger partial charge in [0.05, 0.1) is 0 Å². The standard InChI is InChI=1S/C14H30N2/c1-5-13(6-2)12(4)15-14-8-10-16(7-3)11-9-14/h12-15H,5-11H2,1-4H3. The van der Waals surface area contributed by atoms with Crippen molar-refractivity contribution in [1.29, 1.82) is 0 Å². The highest BCUT2D eigenvalue weighted by Gasteiger charge is 2.21. The Hall–Kier alpha value is -0.0800. The Balaban J connectivity index is 2.27. The van der Waals surface area contributed by atoms with Gasteiger partial charge in [0.1, 0.15) is 0 Å². The minimum Gasteiger partial charge on any atom is -0.311 e. The molecule has 0 aliphatic carbocycles. The van der Waals surface area contributed by atoms with Gasteiger partial charge in [-0.1, -0.05) is 33.6 Å². The second-order valence-electron chi connectivity index (χ2n) is 5.24. The fourth-order valence-corrected chi connectivity index (χ4v) is 2.92. The van der Waals surface area contributed by atoms with Crippen LogP contribution in [0.25, 0.3) is 0 Å². The first-order valence-corrected chi connectivity index (χ1v) is 7.19. The van der Waals surface area contributed by atoms with E-state index in [0.717, 1.165) is 12.0 Å². The Morgan fingerprint density at radius 1 is 1.12 bits per heavy atom. The topological polar surface area (TPSA) is 15.3 Å². The van der Waals surface area contributed by atoms with Crippen molar-refractivity contribution in [1.82, 2.24) is 10.2 Å². The molecule has 0 radical (unpaired) electrons. The van der Waals surface area contributed by atoms with Crippen LogP contribution in [0.2, 0.25) is 0 Å². The molecule has 0 aromatic heterocycles. The lowest BCUT2D eigenvalue weighted by Gasteiger charge is -2.35. The van der Waals surface area contributed by atoms with Crippen LogP contribution in [0.4, 0.5) is 0 Å². The van der Waals surface area contributed by atoms with Gasteiger partial charge in [-0.3, -0.25) is 0 Å². The lowest BCUT2D eigenvalue weighted by Crippen LogP contribution is -2.47. The SMILES string of the molecule is CCC(CC)C(C)NC1CCN(CC)CC1. The third-order valence-corrected chi connectivity index (χ3v) is 4.29. The summed E-state index contributed by atoms with van der Waals surface area (Å²) in [6, 6.07) is 1.45. The van der Waals surface area contributed by atoms with Gasteiger partial charge in [-0.25, -0.2) is 0 Å². The molecule has 1 heterocycles. The van der Waals surface area contributed by atoms with Crippen molar-refractivity contribution in [3.63, 3.8) is 0 Å². The summed E-state index contributed by atoms with van der Waals surface area (Å²) in [4.78, 5) is 2.56. The van der Waals surface area contributed by atoms with Crippen LogP contribution in [0.5, 0.6) is 0 Å². The molecule has 1 aliphatic rings. The van der Waals surface area contributed by atoms with Gasteiger partial charge >= 0.3 is 0 Å². The number of nitrogens with zero attached hydrogens (tertiary/aromatic N) is 1. The Kier molecular flexibility index (Phi) is 6.37. The number of likely N-dealkylation sites (tertiary alicyclic amines) is 1. The molecule has 2 nitrogen and oxygen atoms in total. The number of hydrogen-bond acceptors (Lipinski definition) is 2. The summed E-state index contributed by atoms with van der Waals surface area (Å²) in [5, 5.41) is 3.84. The quantitative estimate of drug-likeness (QED) is 0.749. The van der Waals surface area contributed by atoms with E-state index in [1.165, 1.54) is 45.3 Å². The molecule has 1 aliphatic heterocycles. The molecular weight excluding hydrogens is 196 g/mol. The number of hydrogen-bond donors (Lipinski definition) is 1. The first kappa shape index (κ1) is 14.0. The molecule has 2 heteroatoms. The summed E-state index contributed by atoms with van der Waals surface area (Å²) in [5.74, 6) is 0.851. The van der Waals surface area contributed by atoms with Crippen molar-refractivity contribution in [3.8, 4) is 0 Å². The summed E-state index contributed by atoms with van der Waals surface area (Å²) in [5.41, 5.74) is 0. The molecule has 96 valence electrons. The average molecular weight is 226 g/mol. The van der Waals surface area contributed by atoms with Gasteiger partial charge in [0.25, 0.3) is 0 Å². The molecular formula is C14H30N2. The molecule has 1 N–H and O–H groups in total. The number of rotatable bonds is 6. The van der Waals surface area contributed by atoms with E-state index in [9.17, 15) is 0 Å². The fourth-order valence-electron chi connectivity index (χ4n) is 2.92. The fraction of sp³-hybridized carbons (Fsp3) is 1.00. The van der Waals surface area contributed by atoms with E-state index in [1.807, 2.05) is 0 Å². The minimum atomic E-state index is 0.688. The lowest BCUT2D eigenvalue weighted by molar-refractivity contribution is 0.189. The zero-order valence-corrected chi connectivity index (χ0v) is 11.6. The highest BCUT2D eigenvalue weighted by atomic mass is 15.1. The molecule has 1 saturated heterocycles. The summed E-state index contributed by atoms with van der Waals surface area (Å²) in [6.07, 6.45) is 5.27. The van der Waals surface area contributed by atoms with Crippen molar-refractivity contribution >= 4 is 0 Å². The molecule has 0 saturated carbocycles. The normalized spacial score (nSPS) is 21.6. The van der Waals surface area contributed by atoms with E-state index >= 15 is 0 Å². The third kappa shape index (κ3) is 4.06. The van der Waals surface area contributed by atoms with Crippen LogP contribution in [0.3, 0.4) is 0 Å². The second kappa shape index (κ2) is 7.29. The second-order valence-corrected chi connectivity index (χ2v) is 5.24. The van der Waals surface area contributed by atoms with Crippen LogP contribution in [-0.4, -0.2) is 36.6 Å². The van der Waals surface area contributed by atoms with E-state index in [-0.39, 0.29) is 0 Å². The summed E-state index contributed by atoms with van der Waals surface area (Å²) >= 11 is 0. The highest BCUT2D eigenvalue weighted by Crippen LogP contribution is 2.16. The first-order valence-electron chi connectivity index (χ1n) is 7.19. The van der Waals surface area contributed by atoms with Gasteiger partial charge in [-0.2, -0.15) is 0 Å². The Morgan fingerprint density at radius 3 is 2.12 bits per heavy atom. The molecule has 1 fully saturated rings. The maximum absolute atomic E-state index is 3.84. The molecule has 0 spiro atoms. The Bertz CT molecular complexity index is 170. The largest absolute Gasteiger partial charge is 0.311 e. The molecule has 0 bridgehead atoms. The smallest absolute Gasteiger partial charge is 0.00940 e. The molecule has 1 rings (SSSR count). The van der Waals surface area contributed by atoms with E-state index in [2.05, 4.69) is 37.9 Å². The average Bonchev–Trinajstić information content (AvgIpc) is 2.31. The van der Waals surface area contributed by atoms with Gasteiger partial charge < -0.3 is 10.2 Å². The van der Waals surface area contributed by atoms with Crippen LogP contribution >= 0.6 is 0 Å². The van der Waals surface area contributed by atoms with E-state index in [4.69, 9.17) is 0 Å². The zero-order chi connectivity index (χ0) is 12.0. The van der Waals surface area contributed by atoms with Gasteiger partial charge in [-0.15, -0.1) is 0 Å². The van der Waals surface area contributed by atoms with Gasteiger partial charge in [0.2, 0.25) is 0 Å². The van der Waals surface area contributed by atoms with E-state index in [1.54, 1.807) is 0 Å². The molecule has 0 aromatic carbocycles. The van der Waals surface area contributed by atoms with Crippen LogP contribution in [0, 0.1) is 5.92 Å². The van der Waals surface area contributed by atoms with Crippen molar-refractivity contribution in [2.45, 2.75) is 65.5 Å². The van der Waals surface area contributed by atoms with Gasteiger partial charge in [-0.05, 0) is 45.3 Å². The molecule has 1 atom stereocenters. The van der Waals surface area contributed by atoms with Crippen LogP contribution < -0.4 is 5.32 Å². The van der Waals surface area contributed by atoms with Crippen molar-refractivity contribution in [2.24, 2.45) is 5.92 Å². The monoisotopic (exact) mass is 226 g/mol. The maximum atomic E-state index is 3.84. The third-order valence-electron chi connectivity index (χ3n) is 4.29. The van der Waals surface area contributed by atoms with Crippen molar-refractivity contribution < 1.29 is 0 Å². The van der Waals surface area contributed by atoms with E-state index in [0.29, 0.717) is 6.04 Å². The van der Waals surface area contributed by atoms with Crippen molar-refractivity contribution in [2.75, 3.05) is 19.6 Å². The highest BCUT2D eigenvalue weighted by molar-refractivity contribution is 4.81. The molecule has 16 heavy (non-hydrogen) atoms. The summed E-state index contributed by atoms with van der Waals surface area (Å²) in [7, 11) is 0. The molecule has 1 unspecified atom stereocenters. The minimum absolute atomic E-state index is 0.688. The number of nitrogens with one attached hydrogen (secondary N) is 1. The summed E-state index contributed by atoms with van der Waals surface area (Å²) < 4.78 is 0. The Labute approximate surface area is 102 Å². The maximum Gasteiger partial charge on any atom is 0.00940 e. The summed E-state index contributed by atoms with van der Waals surface area (Å²) in [6.45, 7) is 13.0. The zero-order valence-electron chi connectivity index (χ0n) is 11.6. The van der Waals surface area contributed by atoms with Gasteiger partial charge in [0, 0.05) is 12.1 Å². The Morgan fingerprint density at radius 2 is 1.69 bits per heavy atom.